The maximum Gasteiger partial charge on any atom is 0.416 e. The number of nitrogens with two attached hydrogens (primary N) is 1. The first-order valence-corrected chi connectivity index (χ1v) is 13.3. The molecule has 0 radical (unpaired) electrons. The minimum atomic E-state index is -4.43. The molecule has 11 heteroatoms. The molecule has 0 bridgehead atoms. The minimum Gasteiger partial charge on any atom is -0.486 e. The zero-order chi connectivity index (χ0) is 29.1. The standard InChI is InChI=1S/C30H31F3N6O2/c1-19(21-6-4-7-23(16-21)30(31,32)33)41-24-8-3-5-20(15-24)18-35-28(40)22-9-10-25-26(17-22)36-29(34)37-27(25)39-13-11-38(2)12-14-39/h3-10,15-17,19H,11-14,18H2,1-2H3,(H,35,40)(H2,34,36,37). The molecule has 8 nitrogen and oxygen atoms in total. The van der Waals surface area contributed by atoms with Gasteiger partial charge >= 0.3 is 6.18 Å². The van der Waals surface area contributed by atoms with Crippen LogP contribution in [0.2, 0.25) is 0 Å². The van der Waals surface area contributed by atoms with Crippen LogP contribution in [0.3, 0.4) is 0 Å². The second-order valence-electron chi connectivity index (χ2n) is 10.1. The fourth-order valence-electron chi connectivity index (χ4n) is 4.78. The summed E-state index contributed by atoms with van der Waals surface area (Å²) in [6.45, 7) is 5.40. The first kappa shape index (κ1) is 28.2. The monoisotopic (exact) mass is 564 g/mol. The highest BCUT2D eigenvalue weighted by Crippen LogP contribution is 2.32. The number of benzene rings is 3. The van der Waals surface area contributed by atoms with Crippen molar-refractivity contribution in [3.05, 3.63) is 89.0 Å². The summed E-state index contributed by atoms with van der Waals surface area (Å²) in [7, 11) is 2.08. The molecule has 0 aliphatic carbocycles. The summed E-state index contributed by atoms with van der Waals surface area (Å²) in [6.07, 6.45) is -5.03. The molecule has 1 amide bonds. The van der Waals surface area contributed by atoms with Crippen LogP contribution < -0.4 is 20.7 Å². The predicted octanol–water partition coefficient (Wildman–Crippen LogP) is 5.05. The molecule has 0 spiro atoms. The lowest BCUT2D eigenvalue weighted by atomic mass is 10.1. The Morgan fingerprint density at radius 3 is 2.54 bits per heavy atom. The Hall–Kier alpha value is -4.38. The molecule has 1 aromatic heterocycles. The van der Waals surface area contributed by atoms with Crippen LogP contribution in [0.25, 0.3) is 10.9 Å². The minimum absolute atomic E-state index is 0.153. The number of hydrogen-bond acceptors (Lipinski definition) is 7. The van der Waals surface area contributed by atoms with E-state index < -0.39 is 17.8 Å². The van der Waals surface area contributed by atoms with E-state index in [1.165, 1.54) is 6.07 Å². The maximum absolute atomic E-state index is 13.1. The van der Waals surface area contributed by atoms with Gasteiger partial charge in [-0.1, -0.05) is 24.3 Å². The summed E-state index contributed by atoms with van der Waals surface area (Å²) in [5.74, 6) is 1.12. The van der Waals surface area contributed by atoms with E-state index in [2.05, 4.69) is 32.1 Å². The molecule has 1 atom stereocenters. The molecule has 214 valence electrons. The molecule has 4 aromatic rings. The number of ether oxygens (including phenoxy) is 1. The molecule has 3 aromatic carbocycles. The molecule has 1 saturated heterocycles. The second kappa shape index (κ2) is 11.6. The van der Waals surface area contributed by atoms with Crippen molar-refractivity contribution in [3.8, 4) is 5.75 Å². The maximum atomic E-state index is 13.1. The van der Waals surface area contributed by atoms with Crippen LogP contribution in [-0.4, -0.2) is 54.0 Å². The number of amides is 1. The lowest BCUT2D eigenvalue weighted by Crippen LogP contribution is -2.45. The molecule has 41 heavy (non-hydrogen) atoms. The van der Waals surface area contributed by atoms with Crippen LogP contribution in [0, 0.1) is 0 Å². The smallest absolute Gasteiger partial charge is 0.416 e. The molecule has 5 rings (SSSR count). The lowest BCUT2D eigenvalue weighted by molar-refractivity contribution is -0.137. The predicted molar refractivity (Wildman–Crippen MR) is 152 cm³/mol. The molecule has 1 fully saturated rings. The molecule has 3 N–H and O–H groups in total. The highest BCUT2D eigenvalue weighted by Gasteiger charge is 2.31. The Balaban J connectivity index is 1.25. The van der Waals surface area contributed by atoms with E-state index in [4.69, 9.17) is 10.5 Å². The lowest BCUT2D eigenvalue weighted by Gasteiger charge is -2.33. The van der Waals surface area contributed by atoms with E-state index in [1.54, 1.807) is 43.3 Å². The average molecular weight is 565 g/mol. The second-order valence-corrected chi connectivity index (χ2v) is 10.1. The van der Waals surface area contributed by atoms with Gasteiger partial charge in [0, 0.05) is 43.7 Å². The SMILES string of the molecule is CC(Oc1cccc(CNC(=O)c2ccc3c(N4CCN(C)CC4)nc(N)nc3c2)c1)c1cccc(C(F)(F)F)c1. The van der Waals surface area contributed by atoms with Gasteiger partial charge in [0.25, 0.3) is 5.91 Å². The Morgan fingerprint density at radius 1 is 1.02 bits per heavy atom. The largest absolute Gasteiger partial charge is 0.486 e. The van der Waals surface area contributed by atoms with Gasteiger partial charge in [0.2, 0.25) is 5.95 Å². The van der Waals surface area contributed by atoms with E-state index in [0.29, 0.717) is 22.4 Å². The van der Waals surface area contributed by atoms with Gasteiger partial charge in [0.15, 0.2) is 0 Å². The number of nitrogen functional groups attached to an aromatic ring is 1. The number of alkyl halides is 3. The summed E-state index contributed by atoms with van der Waals surface area (Å²) < 4.78 is 45.2. The molecular weight excluding hydrogens is 533 g/mol. The van der Waals surface area contributed by atoms with E-state index in [-0.39, 0.29) is 18.4 Å². The first-order chi connectivity index (χ1) is 19.6. The van der Waals surface area contributed by atoms with Crippen molar-refractivity contribution in [2.24, 2.45) is 0 Å². The third kappa shape index (κ3) is 6.68. The average Bonchev–Trinajstić information content (AvgIpc) is 2.95. The molecule has 2 heterocycles. The number of carbonyl (C=O) groups is 1. The van der Waals surface area contributed by atoms with E-state index >= 15 is 0 Å². The number of hydrogen-bond donors (Lipinski definition) is 2. The third-order valence-corrected chi connectivity index (χ3v) is 7.11. The summed E-state index contributed by atoms with van der Waals surface area (Å²) in [4.78, 5) is 26.3. The number of piperazine rings is 1. The number of aromatic nitrogens is 2. The Bertz CT molecular complexity index is 1550. The number of anilines is 2. The van der Waals surface area contributed by atoms with E-state index in [0.717, 1.165) is 55.1 Å². The number of carbonyl (C=O) groups excluding carboxylic acids is 1. The highest BCUT2D eigenvalue weighted by molar-refractivity contribution is 6.00. The van der Waals surface area contributed by atoms with Crippen LogP contribution in [0.4, 0.5) is 24.9 Å². The van der Waals surface area contributed by atoms with Gasteiger partial charge in [0.1, 0.15) is 17.7 Å². The fraction of sp³-hybridized carbons (Fsp3) is 0.300. The number of likely N-dealkylation sites (N-methyl/N-ethyl adjacent to an activating group) is 1. The van der Waals surface area contributed by atoms with E-state index in [9.17, 15) is 18.0 Å². The van der Waals surface area contributed by atoms with Gasteiger partial charge in [-0.25, -0.2) is 4.98 Å². The van der Waals surface area contributed by atoms with Crippen molar-refractivity contribution in [3.63, 3.8) is 0 Å². The number of halogens is 3. The van der Waals surface area contributed by atoms with Crippen molar-refractivity contribution in [1.82, 2.24) is 20.2 Å². The summed E-state index contributed by atoms with van der Waals surface area (Å²) in [5, 5.41) is 3.74. The number of fused-ring (bicyclic) bond motifs is 1. The van der Waals surface area contributed by atoms with Crippen LogP contribution >= 0.6 is 0 Å². The van der Waals surface area contributed by atoms with Gasteiger partial charge in [-0.2, -0.15) is 18.2 Å². The number of rotatable bonds is 7. The van der Waals surface area contributed by atoms with Crippen LogP contribution in [0.1, 0.15) is 40.1 Å². The number of nitrogens with one attached hydrogen (secondary N) is 1. The Labute approximate surface area is 235 Å². The third-order valence-electron chi connectivity index (χ3n) is 7.11. The number of nitrogens with zero attached hydrogens (tertiary/aromatic N) is 4. The summed E-state index contributed by atoms with van der Waals surface area (Å²) in [5.41, 5.74) is 7.51. The van der Waals surface area contributed by atoms with Crippen LogP contribution in [-0.2, 0) is 12.7 Å². The van der Waals surface area contributed by atoms with E-state index in [1.807, 2.05) is 12.1 Å². The fourth-order valence-corrected chi connectivity index (χ4v) is 4.78. The van der Waals surface area contributed by atoms with Gasteiger partial charge in [0.05, 0.1) is 11.1 Å². The molecule has 1 aliphatic rings. The molecule has 1 unspecified atom stereocenters. The molecule has 0 saturated carbocycles. The summed E-state index contributed by atoms with van der Waals surface area (Å²) >= 11 is 0. The normalized spacial score (nSPS) is 15.1. The van der Waals surface area contributed by atoms with Crippen molar-refractivity contribution < 1.29 is 22.7 Å². The first-order valence-electron chi connectivity index (χ1n) is 13.3. The summed E-state index contributed by atoms with van der Waals surface area (Å²) in [6, 6.07) is 17.5. The van der Waals surface area contributed by atoms with Crippen molar-refractivity contribution in [2.75, 3.05) is 43.9 Å². The zero-order valence-electron chi connectivity index (χ0n) is 22.8. The van der Waals surface area contributed by atoms with Crippen LogP contribution in [0.5, 0.6) is 5.75 Å². The molecular formula is C30H31F3N6O2. The highest BCUT2D eigenvalue weighted by atomic mass is 19.4. The van der Waals surface area contributed by atoms with Crippen molar-refractivity contribution in [2.45, 2.75) is 25.7 Å². The Morgan fingerprint density at radius 2 is 1.78 bits per heavy atom. The van der Waals surface area contributed by atoms with Crippen molar-refractivity contribution >= 4 is 28.6 Å². The van der Waals surface area contributed by atoms with Gasteiger partial charge in [-0.05, 0) is 67.6 Å². The van der Waals surface area contributed by atoms with Gasteiger partial charge < -0.3 is 25.6 Å². The van der Waals surface area contributed by atoms with Crippen molar-refractivity contribution in [1.29, 1.82) is 0 Å². The zero-order valence-corrected chi connectivity index (χ0v) is 22.8. The van der Waals surface area contributed by atoms with Crippen LogP contribution in [0.15, 0.2) is 66.7 Å². The van der Waals surface area contributed by atoms with Gasteiger partial charge in [-0.3, -0.25) is 4.79 Å². The topological polar surface area (TPSA) is 96.6 Å². The van der Waals surface area contributed by atoms with Gasteiger partial charge in [-0.15, -0.1) is 0 Å². The quantitative estimate of drug-likeness (QED) is 0.324. The Kier molecular flexibility index (Phi) is 7.98. The molecule has 1 aliphatic heterocycles.